The lowest BCUT2D eigenvalue weighted by Gasteiger charge is -1.98. The van der Waals surface area contributed by atoms with E-state index in [1.54, 1.807) is 29.2 Å². The molecule has 0 unspecified atom stereocenters. The van der Waals surface area contributed by atoms with Gasteiger partial charge in [0.15, 0.2) is 5.69 Å². The SMILES string of the molecule is C=Cc1cnc(-n2cnc(C#N)c2)nc1. The first-order chi connectivity index (χ1) is 7.33. The van der Waals surface area contributed by atoms with Crippen molar-refractivity contribution in [1.29, 1.82) is 5.26 Å². The zero-order chi connectivity index (χ0) is 10.7. The van der Waals surface area contributed by atoms with E-state index < -0.39 is 0 Å². The second-order valence-corrected chi connectivity index (χ2v) is 2.80. The van der Waals surface area contributed by atoms with Gasteiger partial charge < -0.3 is 0 Å². The monoisotopic (exact) mass is 197 g/mol. The number of rotatable bonds is 2. The quantitative estimate of drug-likeness (QED) is 0.724. The molecule has 0 radical (unpaired) electrons. The molecule has 0 saturated heterocycles. The van der Waals surface area contributed by atoms with E-state index in [9.17, 15) is 0 Å². The van der Waals surface area contributed by atoms with Gasteiger partial charge >= 0.3 is 0 Å². The van der Waals surface area contributed by atoms with Crippen molar-refractivity contribution in [3.8, 4) is 12.0 Å². The summed E-state index contributed by atoms with van der Waals surface area (Å²) in [6, 6.07) is 1.94. The molecule has 2 aromatic rings. The molecule has 0 spiro atoms. The van der Waals surface area contributed by atoms with Gasteiger partial charge in [0.05, 0.1) is 0 Å². The molecule has 0 aromatic carbocycles. The summed E-state index contributed by atoms with van der Waals surface area (Å²) < 4.78 is 1.59. The fraction of sp³-hybridized carbons (Fsp3) is 0. The highest BCUT2D eigenvalue weighted by atomic mass is 15.2. The van der Waals surface area contributed by atoms with Gasteiger partial charge in [-0.3, -0.25) is 4.57 Å². The Kier molecular flexibility index (Phi) is 2.25. The fourth-order valence-electron chi connectivity index (χ4n) is 1.06. The first-order valence-electron chi connectivity index (χ1n) is 4.22. The smallest absolute Gasteiger partial charge is 0.234 e. The number of nitrogens with zero attached hydrogens (tertiary/aromatic N) is 5. The molecule has 5 heteroatoms. The first kappa shape index (κ1) is 9.09. The largest absolute Gasteiger partial charge is 0.273 e. The van der Waals surface area contributed by atoms with Gasteiger partial charge in [0.1, 0.15) is 12.4 Å². The van der Waals surface area contributed by atoms with E-state index in [4.69, 9.17) is 5.26 Å². The molecule has 2 aromatic heterocycles. The topological polar surface area (TPSA) is 67.4 Å². The summed E-state index contributed by atoms with van der Waals surface area (Å²) in [5, 5.41) is 8.60. The highest BCUT2D eigenvalue weighted by Crippen LogP contribution is 2.03. The summed E-state index contributed by atoms with van der Waals surface area (Å²) in [6.07, 6.45) is 8.05. The molecule has 0 amide bonds. The van der Waals surface area contributed by atoms with Crippen molar-refractivity contribution in [1.82, 2.24) is 19.5 Å². The second kappa shape index (κ2) is 3.72. The molecular formula is C10H7N5. The van der Waals surface area contributed by atoms with Crippen molar-refractivity contribution in [2.45, 2.75) is 0 Å². The van der Waals surface area contributed by atoms with Crippen LogP contribution in [0.15, 0.2) is 31.5 Å². The fourth-order valence-corrected chi connectivity index (χ4v) is 1.06. The predicted molar refractivity (Wildman–Crippen MR) is 54.0 cm³/mol. The molecule has 0 aliphatic rings. The Morgan fingerprint density at radius 3 is 2.60 bits per heavy atom. The molecule has 0 fully saturated rings. The summed E-state index contributed by atoms with van der Waals surface area (Å²) in [5.41, 5.74) is 1.19. The van der Waals surface area contributed by atoms with Crippen LogP contribution in [0.5, 0.6) is 0 Å². The molecule has 5 nitrogen and oxygen atoms in total. The van der Waals surface area contributed by atoms with Crippen molar-refractivity contribution in [3.63, 3.8) is 0 Å². The minimum absolute atomic E-state index is 0.339. The van der Waals surface area contributed by atoms with Crippen molar-refractivity contribution in [2.24, 2.45) is 0 Å². The zero-order valence-electron chi connectivity index (χ0n) is 7.83. The third kappa shape index (κ3) is 1.74. The van der Waals surface area contributed by atoms with Crippen LogP contribution in [0.4, 0.5) is 0 Å². The van der Waals surface area contributed by atoms with Crippen molar-refractivity contribution < 1.29 is 0 Å². The summed E-state index contributed by atoms with van der Waals surface area (Å²) in [6.45, 7) is 3.61. The van der Waals surface area contributed by atoms with Crippen LogP contribution in [0.1, 0.15) is 11.3 Å². The van der Waals surface area contributed by atoms with E-state index >= 15 is 0 Å². The molecule has 0 N–H and O–H groups in total. The van der Waals surface area contributed by atoms with Crippen LogP contribution in [-0.2, 0) is 0 Å². The highest BCUT2D eigenvalue weighted by molar-refractivity contribution is 5.43. The molecule has 2 heterocycles. The molecular weight excluding hydrogens is 190 g/mol. The Hall–Kier alpha value is -2.48. The number of hydrogen-bond donors (Lipinski definition) is 0. The maximum atomic E-state index is 8.60. The second-order valence-electron chi connectivity index (χ2n) is 2.80. The molecule has 0 bridgehead atoms. The summed E-state index contributed by atoms with van der Waals surface area (Å²) in [4.78, 5) is 12.1. The Morgan fingerprint density at radius 2 is 2.07 bits per heavy atom. The average Bonchev–Trinajstić information content (AvgIpc) is 2.78. The zero-order valence-corrected chi connectivity index (χ0v) is 7.83. The van der Waals surface area contributed by atoms with Gasteiger partial charge in [-0.1, -0.05) is 12.7 Å². The van der Waals surface area contributed by atoms with Crippen LogP contribution in [0.25, 0.3) is 12.0 Å². The predicted octanol–water partition coefficient (Wildman–Crippen LogP) is 1.18. The van der Waals surface area contributed by atoms with E-state index in [-0.39, 0.29) is 0 Å². The van der Waals surface area contributed by atoms with Crippen molar-refractivity contribution in [3.05, 3.63) is 42.8 Å². The molecule has 72 valence electrons. The lowest BCUT2D eigenvalue weighted by molar-refractivity contribution is 0.923. The summed E-state index contributed by atoms with van der Waals surface area (Å²) in [5.74, 6) is 0.481. The number of aromatic nitrogens is 4. The van der Waals surface area contributed by atoms with Gasteiger partial charge in [-0.15, -0.1) is 0 Å². The minimum atomic E-state index is 0.339. The summed E-state index contributed by atoms with van der Waals surface area (Å²) >= 11 is 0. The van der Waals surface area contributed by atoms with E-state index in [2.05, 4.69) is 21.5 Å². The van der Waals surface area contributed by atoms with Crippen molar-refractivity contribution >= 4 is 6.08 Å². The maximum absolute atomic E-state index is 8.60. The molecule has 0 aliphatic carbocycles. The minimum Gasteiger partial charge on any atom is -0.273 e. The van der Waals surface area contributed by atoms with Crippen LogP contribution >= 0.6 is 0 Å². The number of hydrogen-bond acceptors (Lipinski definition) is 4. The van der Waals surface area contributed by atoms with Crippen molar-refractivity contribution in [2.75, 3.05) is 0 Å². The van der Waals surface area contributed by atoms with Crippen LogP contribution in [0.2, 0.25) is 0 Å². The molecule has 15 heavy (non-hydrogen) atoms. The molecule has 0 atom stereocenters. The lowest BCUT2D eigenvalue weighted by atomic mass is 10.3. The highest BCUT2D eigenvalue weighted by Gasteiger charge is 2.01. The van der Waals surface area contributed by atoms with Gasteiger partial charge in [-0.2, -0.15) is 5.26 Å². The first-order valence-corrected chi connectivity index (χ1v) is 4.22. The Bertz CT molecular complexity index is 517. The Morgan fingerprint density at radius 1 is 1.33 bits per heavy atom. The van der Waals surface area contributed by atoms with Crippen LogP contribution in [0, 0.1) is 11.3 Å². The normalized spacial score (nSPS) is 9.53. The van der Waals surface area contributed by atoms with E-state index in [0.29, 0.717) is 11.6 Å². The third-order valence-corrected chi connectivity index (χ3v) is 1.82. The van der Waals surface area contributed by atoms with E-state index in [1.165, 1.54) is 6.33 Å². The van der Waals surface area contributed by atoms with E-state index in [0.717, 1.165) is 5.56 Å². The maximum Gasteiger partial charge on any atom is 0.234 e. The average molecular weight is 197 g/mol. The van der Waals surface area contributed by atoms with Gasteiger partial charge in [0, 0.05) is 24.2 Å². The van der Waals surface area contributed by atoms with Gasteiger partial charge in [0.25, 0.3) is 0 Å². The molecule has 2 rings (SSSR count). The van der Waals surface area contributed by atoms with Gasteiger partial charge in [0.2, 0.25) is 5.95 Å². The lowest BCUT2D eigenvalue weighted by Crippen LogP contribution is -1.97. The number of nitriles is 1. The van der Waals surface area contributed by atoms with Crippen LogP contribution in [-0.4, -0.2) is 19.5 Å². The van der Waals surface area contributed by atoms with Gasteiger partial charge in [-0.25, -0.2) is 15.0 Å². The standard InChI is InChI=1S/C10H7N5/c1-2-8-4-12-10(13-5-8)15-6-9(3-11)14-7-15/h2,4-7H,1H2. The van der Waals surface area contributed by atoms with E-state index in [1.807, 2.05) is 6.07 Å². The van der Waals surface area contributed by atoms with Crippen LogP contribution in [0.3, 0.4) is 0 Å². The van der Waals surface area contributed by atoms with Gasteiger partial charge in [-0.05, 0) is 0 Å². The Balaban J connectivity index is 2.37. The Labute approximate surface area is 86.4 Å². The molecule has 0 saturated carbocycles. The van der Waals surface area contributed by atoms with Crippen LogP contribution < -0.4 is 0 Å². The third-order valence-electron chi connectivity index (χ3n) is 1.82. The number of imidazole rings is 1. The molecule has 0 aliphatic heterocycles. The summed E-state index contributed by atoms with van der Waals surface area (Å²) in [7, 11) is 0.